The summed E-state index contributed by atoms with van der Waals surface area (Å²) in [5.41, 5.74) is 1.52. The zero-order valence-corrected chi connectivity index (χ0v) is 12.5. The molecule has 3 aromatic rings. The minimum atomic E-state index is -0.351. The Morgan fingerprint density at radius 2 is 2.05 bits per heavy atom. The molecule has 3 rings (SSSR count). The van der Waals surface area contributed by atoms with Gasteiger partial charge in [0.1, 0.15) is 17.7 Å². The number of hydrogen-bond donors (Lipinski definition) is 1. The van der Waals surface area contributed by atoms with Crippen LogP contribution in [0, 0.1) is 5.82 Å². The van der Waals surface area contributed by atoms with E-state index < -0.39 is 0 Å². The van der Waals surface area contributed by atoms with Crippen LogP contribution in [0.1, 0.15) is 15.9 Å². The van der Waals surface area contributed by atoms with E-state index in [1.165, 1.54) is 12.3 Å². The highest BCUT2D eigenvalue weighted by Gasteiger charge is 2.13. The van der Waals surface area contributed by atoms with Crippen molar-refractivity contribution in [2.75, 3.05) is 0 Å². The average Bonchev–Trinajstić information content (AvgIpc) is 2.92. The molecular formula is C16H11BrFNO2. The van der Waals surface area contributed by atoms with Gasteiger partial charge in [0.25, 0.3) is 5.91 Å². The summed E-state index contributed by atoms with van der Waals surface area (Å²) in [5.74, 6) is -0.644. The first kappa shape index (κ1) is 13.8. The molecule has 0 aliphatic heterocycles. The number of fused-ring (bicyclic) bond motifs is 1. The van der Waals surface area contributed by atoms with E-state index in [2.05, 4.69) is 21.2 Å². The molecule has 0 spiro atoms. The lowest BCUT2D eigenvalue weighted by molar-refractivity contribution is 0.0951. The smallest absolute Gasteiger partial charge is 0.255 e. The number of carbonyl (C=O) groups excluding carboxylic acids is 1. The van der Waals surface area contributed by atoms with Crippen LogP contribution in [0.3, 0.4) is 0 Å². The molecule has 3 nitrogen and oxygen atoms in total. The predicted molar refractivity (Wildman–Crippen MR) is 81.5 cm³/mol. The fraction of sp³-hybridized carbons (Fsp3) is 0.0625. The SMILES string of the molecule is O=C(NCc1cc(Br)ccc1F)c1coc2ccccc12. The number of amides is 1. The van der Waals surface area contributed by atoms with E-state index in [0.717, 1.165) is 9.86 Å². The van der Waals surface area contributed by atoms with Crippen molar-refractivity contribution in [3.8, 4) is 0 Å². The lowest BCUT2D eigenvalue weighted by Gasteiger charge is -2.06. The molecule has 0 saturated heterocycles. The van der Waals surface area contributed by atoms with Crippen molar-refractivity contribution in [2.24, 2.45) is 0 Å². The molecule has 21 heavy (non-hydrogen) atoms. The van der Waals surface area contributed by atoms with E-state index in [9.17, 15) is 9.18 Å². The summed E-state index contributed by atoms with van der Waals surface area (Å²) in [6.07, 6.45) is 1.41. The van der Waals surface area contributed by atoms with Crippen molar-refractivity contribution in [1.82, 2.24) is 5.32 Å². The fourth-order valence-electron chi connectivity index (χ4n) is 2.10. The van der Waals surface area contributed by atoms with Crippen LogP contribution < -0.4 is 5.32 Å². The van der Waals surface area contributed by atoms with Crippen molar-refractivity contribution in [3.63, 3.8) is 0 Å². The first-order valence-electron chi connectivity index (χ1n) is 6.33. The van der Waals surface area contributed by atoms with Gasteiger partial charge in [0.05, 0.1) is 5.56 Å². The maximum absolute atomic E-state index is 13.6. The Kier molecular flexibility index (Phi) is 3.75. The van der Waals surface area contributed by atoms with Crippen LogP contribution in [0.2, 0.25) is 0 Å². The lowest BCUT2D eigenvalue weighted by atomic mass is 10.1. The molecule has 0 aliphatic carbocycles. The summed E-state index contributed by atoms with van der Waals surface area (Å²) in [6.45, 7) is 0.115. The quantitative estimate of drug-likeness (QED) is 0.768. The number of benzene rings is 2. The van der Waals surface area contributed by atoms with Crippen molar-refractivity contribution in [3.05, 3.63) is 70.1 Å². The molecule has 0 bridgehead atoms. The van der Waals surface area contributed by atoms with Crippen molar-refractivity contribution in [1.29, 1.82) is 0 Å². The number of rotatable bonds is 3. The largest absolute Gasteiger partial charge is 0.463 e. The highest BCUT2D eigenvalue weighted by molar-refractivity contribution is 9.10. The highest BCUT2D eigenvalue weighted by atomic mass is 79.9. The standard InChI is InChI=1S/C16H11BrFNO2/c17-11-5-6-14(18)10(7-11)8-19-16(20)13-9-21-15-4-2-1-3-12(13)15/h1-7,9H,8H2,(H,19,20). The van der Waals surface area contributed by atoms with Gasteiger partial charge in [0, 0.05) is 22.0 Å². The van der Waals surface area contributed by atoms with Crippen LogP contribution in [-0.2, 0) is 6.54 Å². The number of halogens is 2. The van der Waals surface area contributed by atoms with Crippen LogP contribution in [0.4, 0.5) is 4.39 Å². The summed E-state index contributed by atoms with van der Waals surface area (Å²) < 4.78 is 19.7. The van der Waals surface area contributed by atoms with E-state index in [1.807, 2.05) is 18.2 Å². The molecule has 106 valence electrons. The van der Waals surface area contributed by atoms with Crippen molar-refractivity contribution >= 4 is 32.8 Å². The third-order valence-corrected chi connectivity index (χ3v) is 3.67. The van der Waals surface area contributed by atoms with Gasteiger partial charge in [-0.25, -0.2) is 4.39 Å². The molecule has 0 unspecified atom stereocenters. The number of furan rings is 1. The fourth-order valence-corrected chi connectivity index (χ4v) is 2.51. The summed E-state index contributed by atoms with van der Waals surface area (Å²) >= 11 is 3.28. The zero-order chi connectivity index (χ0) is 14.8. The van der Waals surface area contributed by atoms with Crippen molar-refractivity contribution in [2.45, 2.75) is 6.54 Å². The minimum absolute atomic E-state index is 0.115. The van der Waals surface area contributed by atoms with Gasteiger partial charge in [-0.2, -0.15) is 0 Å². The van der Waals surface area contributed by atoms with Crippen LogP contribution in [-0.4, -0.2) is 5.91 Å². The predicted octanol–water partition coefficient (Wildman–Crippen LogP) is 4.26. The minimum Gasteiger partial charge on any atom is -0.463 e. The van der Waals surface area contributed by atoms with E-state index in [1.54, 1.807) is 18.2 Å². The molecule has 0 aliphatic rings. The van der Waals surface area contributed by atoms with Gasteiger partial charge >= 0.3 is 0 Å². The number of carbonyl (C=O) groups is 1. The first-order chi connectivity index (χ1) is 10.1. The molecule has 0 atom stereocenters. The molecule has 0 radical (unpaired) electrons. The normalized spacial score (nSPS) is 10.8. The number of hydrogen-bond acceptors (Lipinski definition) is 2. The number of nitrogens with one attached hydrogen (secondary N) is 1. The average molecular weight is 348 g/mol. The summed E-state index contributed by atoms with van der Waals surface area (Å²) in [4.78, 5) is 12.2. The molecule has 1 N–H and O–H groups in total. The third kappa shape index (κ3) is 2.83. The molecule has 1 amide bonds. The Balaban J connectivity index is 1.79. The second kappa shape index (κ2) is 5.69. The van der Waals surface area contributed by atoms with Crippen molar-refractivity contribution < 1.29 is 13.6 Å². The molecular weight excluding hydrogens is 337 g/mol. The Morgan fingerprint density at radius 1 is 1.24 bits per heavy atom. The van der Waals surface area contributed by atoms with E-state index in [-0.39, 0.29) is 18.3 Å². The first-order valence-corrected chi connectivity index (χ1v) is 7.13. The molecule has 0 saturated carbocycles. The maximum Gasteiger partial charge on any atom is 0.255 e. The van der Waals surface area contributed by atoms with E-state index in [4.69, 9.17) is 4.42 Å². The second-order valence-corrected chi connectivity index (χ2v) is 5.48. The lowest BCUT2D eigenvalue weighted by Crippen LogP contribution is -2.23. The molecule has 2 aromatic carbocycles. The van der Waals surface area contributed by atoms with Crippen LogP contribution in [0.25, 0.3) is 11.0 Å². The van der Waals surface area contributed by atoms with E-state index >= 15 is 0 Å². The molecule has 1 heterocycles. The molecule has 0 fully saturated rings. The Morgan fingerprint density at radius 3 is 2.90 bits per heavy atom. The second-order valence-electron chi connectivity index (χ2n) is 4.56. The summed E-state index contributed by atoms with van der Waals surface area (Å²) in [5, 5.41) is 3.44. The molecule has 5 heteroatoms. The third-order valence-electron chi connectivity index (χ3n) is 3.17. The zero-order valence-electron chi connectivity index (χ0n) is 10.9. The number of para-hydroxylation sites is 1. The van der Waals surface area contributed by atoms with Gasteiger partial charge in [-0.05, 0) is 24.3 Å². The van der Waals surface area contributed by atoms with E-state index in [0.29, 0.717) is 16.7 Å². The summed E-state index contributed by atoms with van der Waals surface area (Å²) in [7, 11) is 0. The van der Waals surface area contributed by atoms with Gasteiger partial charge in [-0.3, -0.25) is 4.79 Å². The van der Waals surface area contributed by atoms with Gasteiger partial charge in [0.2, 0.25) is 0 Å². The topological polar surface area (TPSA) is 42.2 Å². The van der Waals surface area contributed by atoms with Gasteiger partial charge in [0.15, 0.2) is 0 Å². The Labute approximate surface area is 128 Å². The van der Waals surface area contributed by atoms with Gasteiger partial charge < -0.3 is 9.73 Å². The highest BCUT2D eigenvalue weighted by Crippen LogP contribution is 2.21. The molecule has 1 aromatic heterocycles. The van der Waals surface area contributed by atoms with Gasteiger partial charge in [-0.15, -0.1) is 0 Å². The van der Waals surface area contributed by atoms with Crippen LogP contribution >= 0.6 is 15.9 Å². The maximum atomic E-state index is 13.6. The van der Waals surface area contributed by atoms with Crippen LogP contribution in [0.15, 0.2) is 57.6 Å². The Hall–Kier alpha value is -2.14. The Bertz CT molecular complexity index is 813. The monoisotopic (exact) mass is 347 g/mol. The van der Waals surface area contributed by atoms with Crippen LogP contribution in [0.5, 0.6) is 0 Å². The summed E-state index contributed by atoms with van der Waals surface area (Å²) in [6, 6.07) is 11.9. The van der Waals surface area contributed by atoms with Gasteiger partial charge in [-0.1, -0.05) is 34.1 Å².